The Morgan fingerprint density at radius 2 is 1.62 bits per heavy atom. The van der Waals surface area contributed by atoms with Crippen LogP contribution >= 0.6 is 0 Å². The van der Waals surface area contributed by atoms with Gasteiger partial charge >= 0.3 is 5.97 Å². The molecule has 0 aromatic rings. The molecule has 0 fully saturated rings. The zero-order valence-electron chi connectivity index (χ0n) is 9.57. The first-order chi connectivity index (χ1) is 7.57. The van der Waals surface area contributed by atoms with Gasteiger partial charge in [-0.15, -0.1) is 0 Å². The number of Topliss-reactive ketones (excluding diaryl/α,β-unsaturated/α-hetero) is 1. The number of carbonyl (C=O) groups excluding carboxylic acids is 2. The van der Waals surface area contributed by atoms with Crippen molar-refractivity contribution in [2.45, 2.75) is 45.4 Å². The van der Waals surface area contributed by atoms with Gasteiger partial charge < -0.3 is 5.11 Å². The Morgan fingerprint density at radius 1 is 1.00 bits per heavy atom. The molecule has 0 radical (unpaired) electrons. The zero-order chi connectivity index (χ0) is 12.4. The number of hydrogen-bond donors (Lipinski definition) is 1. The van der Waals surface area contributed by atoms with Crippen molar-refractivity contribution in [2.75, 3.05) is 0 Å². The standard InChI is InChI=1S/C12H18O4/c1-2-3-4-5-6-7-10(13)11(14)8-9-12(15)16/h8-9H,2-7H2,1H3,(H,15,16)/b9-8+. The van der Waals surface area contributed by atoms with Crippen molar-refractivity contribution in [3.05, 3.63) is 12.2 Å². The molecular weight excluding hydrogens is 208 g/mol. The minimum absolute atomic E-state index is 0.215. The summed E-state index contributed by atoms with van der Waals surface area (Å²) in [6, 6.07) is 0. The zero-order valence-corrected chi connectivity index (χ0v) is 9.57. The number of aliphatic carboxylic acids is 1. The summed E-state index contributed by atoms with van der Waals surface area (Å²) < 4.78 is 0. The maximum absolute atomic E-state index is 11.2. The second-order valence-corrected chi connectivity index (χ2v) is 3.62. The van der Waals surface area contributed by atoms with Gasteiger partial charge in [-0.2, -0.15) is 0 Å². The van der Waals surface area contributed by atoms with Gasteiger partial charge in [0.05, 0.1) is 0 Å². The Hall–Kier alpha value is -1.45. The highest BCUT2D eigenvalue weighted by Crippen LogP contribution is 2.05. The summed E-state index contributed by atoms with van der Waals surface area (Å²) in [6.07, 6.45) is 6.71. The summed E-state index contributed by atoms with van der Waals surface area (Å²) >= 11 is 0. The number of carboxylic acids is 1. The maximum Gasteiger partial charge on any atom is 0.328 e. The summed E-state index contributed by atoms with van der Waals surface area (Å²) in [5.74, 6) is -2.45. The summed E-state index contributed by atoms with van der Waals surface area (Å²) in [5, 5.41) is 8.27. The highest BCUT2D eigenvalue weighted by molar-refractivity contribution is 6.41. The van der Waals surface area contributed by atoms with E-state index in [1.807, 2.05) is 0 Å². The second-order valence-electron chi connectivity index (χ2n) is 3.62. The number of carbonyl (C=O) groups is 3. The highest BCUT2D eigenvalue weighted by atomic mass is 16.4. The molecule has 4 heteroatoms. The summed E-state index contributed by atoms with van der Waals surface area (Å²) in [4.78, 5) is 32.4. The van der Waals surface area contributed by atoms with Crippen molar-refractivity contribution < 1.29 is 19.5 Å². The van der Waals surface area contributed by atoms with E-state index < -0.39 is 17.5 Å². The van der Waals surface area contributed by atoms with Crippen LogP contribution in [-0.4, -0.2) is 22.6 Å². The van der Waals surface area contributed by atoms with Crippen LogP contribution in [0.25, 0.3) is 0 Å². The van der Waals surface area contributed by atoms with Crippen LogP contribution in [0, 0.1) is 0 Å². The van der Waals surface area contributed by atoms with Gasteiger partial charge in [0, 0.05) is 12.5 Å². The van der Waals surface area contributed by atoms with E-state index in [1.165, 1.54) is 0 Å². The maximum atomic E-state index is 11.2. The predicted molar refractivity (Wildman–Crippen MR) is 60.2 cm³/mol. The largest absolute Gasteiger partial charge is 0.478 e. The molecule has 0 aliphatic carbocycles. The van der Waals surface area contributed by atoms with Crippen LogP contribution in [0.4, 0.5) is 0 Å². The summed E-state index contributed by atoms with van der Waals surface area (Å²) in [5.41, 5.74) is 0. The second kappa shape index (κ2) is 8.83. The topological polar surface area (TPSA) is 71.4 Å². The lowest BCUT2D eigenvalue weighted by atomic mass is 10.1. The average molecular weight is 226 g/mol. The van der Waals surface area contributed by atoms with Crippen molar-refractivity contribution >= 4 is 17.5 Å². The third-order valence-corrected chi connectivity index (χ3v) is 2.16. The number of ketones is 2. The highest BCUT2D eigenvalue weighted by Gasteiger charge is 2.09. The Bertz CT molecular complexity index is 279. The van der Waals surface area contributed by atoms with Crippen LogP contribution in [0.2, 0.25) is 0 Å². The van der Waals surface area contributed by atoms with Crippen molar-refractivity contribution in [2.24, 2.45) is 0 Å². The molecule has 90 valence electrons. The fourth-order valence-corrected chi connectivity index (χ4v) is 1.25. The lowest BCUT2D eigenvalue weighted by molar-refractivity contribution is -0.134. The van der Waals surface area contributed by atoms with Gasteiger partial charge in [-0.05, 0) is 12.5 Å². The van der Waals surface area contributed by atoms with Gasteiger partial charge in [0.25, 0.3) is 0 Å². The van der Waals surface area contributed by atoms with Crippen molar-refractivity contribution in [3.63, 3.8) is 0 Å². The third-order valence-electron chi connectivity index (χ3n) is 2.16. The van der Waals surface area contributed by atoms with E-state index >= 15 is 0 Å². The number of hydrogen-bond acceptors (Lipinski definition) is 3. The van der Waals surface area contributed by atoms with Crippen molar-refractivity contribution in [3.8, 4) is 0 Å². The van der Waals surface area contributed by atoms with E-state index in [-0.39, 0.29) is 6.42 Å². The normalized spacial score (nSPS) is 10.6. The molecule has 0 saturated heterocycles. The first-order valence-corrected chi connectivity index (χ1v) is 5.56. The van der Waals surface area contributed by atoms with Crippen LogP contribution in [0.15, 0.2) is 12.2 Å². The molecule has 0 aliphatic heterocycles. The predicted octanol–water partition coefficient (Wildman–Crippen LogP) is 2.13. The van der Waals surface area contributed by atoms with Crippen LogP contribution in [0.5, 0.6) is 0 Å². The Balaban J connectivity index is 3.72. The molecule has 0 aromatic carbocycles. The van der Waals surface area contributed by atoms with Crippen molar-refractivity contribution in [1.82, 2.24) is 0 Å². The number of rotatable bonds is 9. The molecule has 0 unspecified atom stereocenters. The van der Waals surface area contributed by atoms with Crippen LogP contribution in [0.3, 0.4) is 0 Å². The van der Waals surface area contributed by atoms with E-state index in [2.05, 4.69) is 6.92 Å². The Labute approximate surface area is 95.3 Å². The van der Waals surface area contributed by atoms with Gasteiger partial charge in [-0.3, -0.25) is 9.59 Å². The number of carboxylic acid groups (broad SMARTS) is 1. The number of unbranched alkanes of at least 4 members (excludes halogenated alkanes) is 4. The first kappa shape index (κ1) is 14.6. The van der Waals surface area contributed by atoms with Crippen molar-refractivity contribution in [1.29, 1.82) is 0 Å². The Morgan fingerprint density at radius 3 is 2.19 bits per heavy atom. The van der Waals surface area contributed by atoms with Gasteiger partial charge in [0.15, 0.2) is 0 Å². The fourth-order valence-electron chi connectivity index (χ4n) is 1.25. The minimum atomic E-state index is -1.22. The molecule has 1 N–H and O–H groups in total. The Kier molecular flexibility index (Phi) is 8.03. The molecule has 0 atom stereocenters. The summed E-state index contributed by atoms with van der Waals surface area (Å²) in [7, 11) is 0. The molecule has 0 aromatic heterocycles. The molecule has 16 heavy (non-hydrogen) atoms. The SMILES string of the molecule is CCCCCCCC(=O)C(=O)/C=C/C(=O)O. The smallest absolute Gasteiger partial charge is 0.328 e. The third kappa shape index (κ3) is 7.91. The van der Waals surface area contributed by atoms with Crippen LogP contribution in [0.1, 0.15) is 45.4 Å². The van der Waals surface area contributed by atoms with E-state index in [1.54, 1.807) is 0 Å². The van der Waals surface area contributed by atoms with E-state index in [0.29, 0.717) is 12.5 Å². The lowest BCUT2D eigenvalue weighted by Crippen LogP contribution is -2.11. The first-order valence-electron chi connectivity index (χ1n) is 5.56. The molecule has 0 saturated carbocycles. The van der Waals surface area contributed by atoms with Gasteiger partial charge in [-0.25, -0.2) is 4.79 Å². The van der Waals surface area contributed by atoms with Gasteiger partial charge in [0.2, 0.25) is 11.6 Å². The average Bonchev–Trinajstić information content (AvgIpc) is 2.25. The molecule has 0 heterocycles. The fraction of sp³-hybridized carbons (Fsp3) is 0.583. The molecule has 4 nitrogen and oxygen atoms in total. The van der Waals surface area contributed by atoms with Crippen LogP contribution < -0.4 is 0 Å². The molecule has 0 spiro atoms. The van der Waals surface area contributed by atoms with E-state index in [9.17, 15) is 14.4 Å². The molecule has 0 amide bonds. The number of allylic oxidation sites excluding steroid dienone is 1. The van der Waals surface area contributed by atoms with Crippen LogP contribution in [-0.2, 0) is 14.4 Å². The molecule has 0 bridgehead atoms. The quantitative estimate of drug-likeness (QED) is 0.371. The van der Waals surface area contributed by atoms with Gasteiger partial charge in [-0.1, -0.05) is 32.6 Å². The van der Waals surface area contributed by atoms with E-state index in [0.717, 1.165) is 31.8 Å². The van der Waals surface area contributed by atoms with E-state index in [4.69, 9.17) is 5.11 Å². The minimum Gasteiger partial charge on any atom is -0.478 e. The lowest BCUT2D eigenvalue weighted by Gasteiger charge is -1.97. The molecule has 0 aliphatic rings. The monoisotopic (exact) mass is 226 g/mol. The molecule has 0 rings (SSSR count). The summed E-state index contributed by atoms with van der Waals surface area (Å²) in [6.45, 7) is 2.10. The molecular formula is C12H18O4. The van der Waals surface area contributed by atoms with Gasteiger partial charge in [0.1, 0.15) is 0 Å².